The third-order valence-corrected chi connectivity index (χ3v) is 4.96. The first-order chi connectivity index (χ1) is 11.4. The molecule has 0 amide bonds. The normalized spacial score (nSPS) is 12.1. The largest absolute Gasteiger partial charge is 0.478 e. The predicted octanol–water partition coefficient (Wildman–Crippen LogP) is 3.64. The highest BCUT2D eigenvalue weighted by Gasteiger charge is 2.12. The van der Waals surface area contributed by atoms with Gasteiger partial charge in [-0.2, -0.15) is 0 Å². The summed E-state index contributed by atoms with van der Waals surface area (Å²) in [6.45, 7) is 4.17. The summed E-state index contributed by atoms with van der Waals surface area (Å²) >= 11 is 0. The molecule has 126 valence electrons. The summed E-state index contributed by atoms with van der Waals surface area (Å²) in [5, 5.41) is 8.85. The second-order valence-electron chi connectivity index (χ2n) is 5.93. The Balaban J connectivity index is 1.96. The van der Waals surface area contributed by atoms with Crippen molar-refractivity contribution in [1.29, 1.82) is 0 Å². The molecule has 0 saturated heterocycles. The lowest BCUT2D eigenvalue weighted by Crippen LogP contribution is -2.12. The number of carbonyl (C=O) groups is 2. The Hall–Kier alpha value is -2.27. The first kappa shape index (κ1) is 18.1. The van der Waals surface area contributed by atoms with E-state index in [0.717, 1.165) is 11.1 Å². The van der Waals surface area contributed by atoms with E-state index in [1.807, 2.05) is 12.1 Å². The Bertz CT molecular complexity index is 746. The minimum atomic E-state index is -1.33. The van der Waals surface area contributed by atoms with Gasteiger partial charge in [0.15, 0.2) is 5.78 Å². The molecule has 0 fully saturated rings. The molecule has 0 radical (unpaired) electrons. The molecule has 0 aromatic heterocycles. The average Bonchev–Trinajstić information content (AvgIpc) is 2.55. The van der Waals surface area contributed by atoms with Gasteiger partial charge in [0, 0.05) is 22.1 Å². The Labute approximate surface area is 144 Å². The molecule has 2 rings (SSSR count). The van der Waals surface area contributed by atoms with E-state index in [0.29, 0.717) is 11.5 Å². The third-order valence-electron chi connectivity index (χ3n) is 3.72. The molecule has 0 bridgehead atoms. The summed E-state index contributed by atoms with van der Waals surface area (Å²) in [6, 6.07) is 13.6. The maximum Gasteiger partial charge on any atom is 0.335 e. The minimum Gasteiger partial charge on any atom is -0.478 e. The monoisotopic (exact) mass is 344 g/mol. The van der Waals surface area contributed by atoms with Gasteiger partial charge >= 0.3 is 5.97 Å². The molecule has 1 N–H and O–H groups in total. The number of rotatable bonds is 7. The molecule has 0 aliphatic rings. The summed E-state index contributed by atoms with van der Waals surface area (Å²) in [5.74, 6) is -0.553. The topological polar surface area (TPSA) is 71.4 Å². The molecule has 4 nitrogen and oxygen atoms in total. The van der Waals surface area contributed by atoms with Crippen molar-refractivity contribution in [3.63, 3.8) is 0 Å². The average molecular weight is 344 g/mol. The van der Waals surface area contributed by atoms with Crippen LogP contribution in [-0.4, -0.2) is 26.8 Å². The van der Waals surface area contributed by atoms with E-state index in [9.17, 15) is 13.8 Å². The second kappa shape index (κ2) is 8.02. The van der Waals surface area contributed by atoms with Gasteiger partial charge in [-0.25, -0.2) is 4.79 Å². The van der Waals surface area contributed by atoms with Gasteiger partial charge in [0.1, 0.15) is 0 Å². The zero-order valence-electron chi connectivity index (χ0n) is 13.7. The third kappa shape index (κ3) is 4.86. The minimum absolute atomic E-state index is 0.0400. The lowest BCUT2D eigenvalue weighted by atomic mass is 10.0. The number of hydrogen-bond acceptors (Lipinski definition) is 3. The molecule has 0 aliphatic heterocycles. The van der Waals surface area contributed by atoms with Crippen LogP contribution in [0, 0.1) is 0 Å². The molecule has 0 aliphatic carbocycles. The molecule has 2 aromatic rings. The van der Waals surface area contributed by atoms with Gasteiger partial charge in [0.2, 0.25) is 0 Å². The van der Waals surface area contributed by atoms with E-state index in [4.69, 9.17) is 5.11 Å². The maximum absolute atomic E-state index is 12.2. The van der Waals surface area contributed by atoms with Crippen molar-refractivity contribution in [2.75, 3.05) is 5.75 Å². The number of benzene rings is 2. The summed E-state index contributed by atoms with van der Waals surface area (Å²) in [5.41, 5.74) is 2.66. The highest BCUT2D eigenvalue weighted by atomic mass is 32.2. The van der Waals surface area contributed by atoms with Crippen LogP contribution in [-0.2, 0) is 16.6 Å². The number of aromatic carboxylic acids is 1. The first-order valence-corrected chi connectivity index (χ1v) is 9.16. The van der Waals surface area contributed by atoms with Gasteiger partial charge in [-0.1, -0.05) is 50.2 Å². The maximum atomic E-state index is 12.2. The Morgan fingerprint density at radius 3 is 2.00 bits per heavy atom. The molecular formula is C19H20O4S. The number of carboxylic acids is 1. The molecule has 0 spiro atoms. The first-order valence-electron chi connectivity index (χ1n) is 7.67. The lowest BCUT2D eigenvalue weighted by molar-refractivity contribution is 0.0696. The molecule has 1 atom stereocenters. The molecule has 1 unspecified atom stereocenters. The highest BCUT2D eigenvalue weighted by Crippen LogP contribution is 2.15. The number of carbonyl (C=O) groups excluding carboxylic acids is 1. The van der Waals surface area contributed by atoms with E-state index in [1.165, 1.54) is 12.1 Å². The van der Waals surface area contributed by atoms with Crippen LogP contribution in [0.4, 0.5) is 0 Å². The van der Waals surface area contributed by atoms with Gasteiger partial charge in [-0.05, 0) is 29.2 Å². The predicted molar refractivity (Wildman–Crippen MR) is 95.0 cm³/mol. The van der Waals surface area contributed by atoms with Crippen LogP contribution in [0.2, 0.25) is 0 Å². The Morgan fingerprint density at radius 1 is 0.958 bits per heavy atom. The smallest absolute Gasteiger partial charge is 0.335 e. The highest BCUT2D eigenvalue weighted by molar-refractivity contribution is 7.85. The SMILES string of the molecule is CC(C)c1ccc(C(=O)CS(=O)Cc2ccc(C(=O)O)cc2)cc1. The van der Waals surface area contributed by atoms with Crippen LogP contribution in [0.5, 0.6) is 0 Å². The molecule has 24 heavy (non-hydrogen) atoms. The van der Waals surface area contributed by atoms with Gasteiger partial charge in [0.25, 0.3) is 0 Å². The van der Waals surface area contributed by atoms with E-state index in [1.54, 1.807) is 24.3 Å². The fourth-order valence-corrected chi connectivity index (χ4v) is 3.39. The molecular weight excluding hydrogens is 324 g/mol. The number of carboxylic acid groups (broad SMARTS) is 1. The van der Waals surface area contributed by atoms with Gasteiger partial charge < -0.3 is 5.11 Å². The number of ketones is 1. The Kier molecular flexibility index (Phi) is 6.04. The molecule has 5 heteroatoms. The zero-order chi connectivity index (χ0) is 17.7. The summed E-state index contributed by atoms with van der Waals surface area (Å²) in [6.07, 6.45) is 0. The molecule has 0 heterocycles. The van der Waals surface area contributed by atoms with Crippen molar-refractivity contribution in [2.24, 2.45) is 0 Å². The van der Waals surface area contributed by atoms with Crippen LogP contribution in [0.1, 0.15) is 51.6 Å². The molecule has 2 aromatic carbocycles. The Morgan fingerprint density at radius 2 is 1.50 bits per heavy atom. The summed E-state index contributed by atoms with van der Waals surface area (Å²) < 4.78 is 12.2. The van der Waals surface area contributed by atoms with E-state index < -0.39 is 16.8 Å². The quantitative estimate of drug-likeness (QED) is 0.779. The lowest BCUT2D eigenvalue weighted by Gasteiger charge is -2.07. The number of hydrogen-bond donors (Lipinski definition) is 1. The van der Waals surface area contributed by atoms with Crippen LogP contribution in [0.25, 0.3) is 0 Å². The van der Waals surface area contributed by atoms with Gasteiger partial charge in [-0.3, -0.25) is 9.00 Å². The van der Waals surface area contributed by atoms with Crippen molar-refractivity contribution in [1.82, 2.24) is 0 Å². The van der Waals surface area contributed by atoms with E-state index >= 15 is 0 Å². The van der Waals surface area contributed by atoms with Crippen LogP contribution in [0.15, 0.2) is 48.5 Å². The van der Waals surface area contributed by atoms with Crippen molar-refractivity contribution >= 4 is 22.6 Å². The van der Waals surface area contributed by atoms with E-state index in [2.05, 4.69) is 13.8 Å². The fourth-order valence-electron chi connectivity index (χ4n) is 2.26. The van der Waals surface area contributed by atoms with Gasteiger partial charge in [0.05, 0.1) is 11.3 Å². The van der Waals surface area contributed by atoms with Crippen molar-refractivity contribution < 1.29 is 18.9 Å². The molecule has 0 saturated carbocycles. The van der Waals surface area contributed by atoms with Crippen molar-refractivity contribution in [3.8, 4) is 0 Å². The van der Waals surface area contributed by atoms with Gasteiger partial charge in [-0.15, -0.1) is 0 Å². The van der Waals surface area contributed by atoms with Crippen LogP contribution in [0.3, 0.4) is 0 Å². The second-order valence-corrected chi connectivity index (χ2v) is 7.39. The van der Waals surface area contributed by atoms with Crippen molar-refractivity contribution in [2.45, 2.75) is 25.5 Å². The van der Waals surface area contributed by atoms with Crippen LogP contribution >= 0.6 is 0 Å². The standard InChI is InChI=1S/C19H20O4S/c1-13(2)15-7-9-16(10-8-15)18(20)12-24(23)11-14-3-5-17(6-4-14)19(21)22/h3-10,13H,11-12H2,1-2H3,(H,21,22). The zero-order valence-corrected chi connectivity index (χ0v) is 14.5. The van der Waals surface area contributed by atoms with Crippen molar-refractivity contribution in [3.05, 3.63) is 70.8 Å². The van der Waals surface area contributed by atoms with E-state index in [-0.39, 0.29) is 22.9 Å². The summed E-state index contributed by atoms with van der Waals surface area (Å²) in [7, 11) is -1.33. The van der Waals surface area contributed by atoms with Crippen LogP contribution < -0.4 is 0 Å². The summed E-state index contributed by atoms with van der Waals surface area (Å²) in [4.78, 5) is 23.0. The fraction of sp³-hybridized carbons (Fsp3) is 0.263. The number of Topliss-reactive ketones (excluding diaryl/α,β-unsaturated/α-hetero) is 1.